The van der Waals surface area contributed by atoms with Crippen molar-refractivity contribution in [2.45, 2.75) is 6.61 Å². The quantitative estimate of drug-likeness (QED) is 0.337. The molecule has 3 rings (SSSR count). The average Bonchev–Trinajstić information content (AvgIpc) is 2.96. The van der Waals surface area contributed by atoms with Gasteiger partial charge in [-0.1, -0.05) is 59.9 Å². The Balaban J connectivity index is 1.76. The maximum atomic E-state index is 12.5. The van der Waals surface area contributed by atoms with Crippen molar-refractivity contribution in [3.63, 3.8) is 0 Å². The number of hydrogen-bond donors (Lipinski definition) is 0. The van der Waals surface area contributed by atoms with Crippen LogP contribution in [-0.4, -0.2) is 28.8 Å². The predicted molar refractivity (Wildman–Crippen MR) is 119 cm³/mol. The number of thioether (sulfide) groups is 1. The van der Waals surface area contributed by atoms with Gasteiger partial charge in [0.05, 0.1) is 12.0 Å². The second-order valence-corrected chi connectivity index (χ2v) is 8.02. The van der Waals surface area contributed by atoms with Crippen molar-refractivity contribution in [2.24, 2.45) is 0 Å². The fraction of sp³-hybridized carbons (Fsp3) is 0.143. The van der Waals surface area contributed by atoms with Crippen LogP contribution >= 0.6 is 35.6 Å². The van der Waals surface area contributed by atoms with Gasteiger partial charge in [-0.2, -0.15) is 0 Å². The Morgan fingerprint density at radius 3 is 2.64 bits per heavy atom. The van der Waals surface area contributed by atoms with Gasteiger partial charge < -0.3 is 9.47 Å². The number of carbonyl (C=O) groups is 1. The second kappa shape index (κ2) is 9.28. The Bertz CT molecular complexity index is 941. The molecule has 1 amide bonds. The van der Waals surface area contributed by atoms with Gasteiger partial charge in [0.1, 0.15) is 10.9 Å². The van der Waals surface area contributed by atoms with Crippen LogP contribution in [0.5, 0.6) is 11.5 Å². The molecular weight excluding hydrogens is 414 g/mol. The first-order valence-corrected chi connectivity index (χ1v) is 10.0. The van der Waals surface area contributed by atoms with Crippen LogP contribution in [0.25, 0.3) is 6.08 Å². The summed E-state index contributed by atoms with van der Waals surface area (Å²) in [5.41, 5.74) is 1.83. The van der Waals surface area contributed by atoms with Crippen molar-refractivity contribution >= 4 is 51.9 Å². The topological polar surface area (TPSA) is 38.8 Å². The standard InChI is InChI=1S/C21H18ClNO3S2/c1-3-10-23-20(24)19(28-21(23)27)12-15-6-9-17(18(11-15)25-2)26-13-14-4-7-16(22)8-5-14/h3-9,11-12H,1,10,13H2,2H3/b19-12+. The Hall–Kier alpha value is -2.28. The number of methoxy groups -OCH3 is 1. The lowest BCUT2D eigenvalue weighted by atomic mass is 10.1. The first kappa shape index (κ1) is 20.5. The number of halogens is 1. The van der Waals surface area contributed by atoms with Gasteiger partial charge in [-0.3, -0.25) is 9.69 Å². The van der Waals surface area contributed by atoms with Crippen LogP contribution in [0.2, 0.25) is 5.02 Å². The van der Waals surface area contributed by atoms with Crippen LogP contribution in [0.3, 0.4) is 0 Å². The molecule has 1 saturated heterocycles. The molecule has 1 heterocycles. The molecule has 0 aliphatic carbocycles. The van der Waals surface area contributed by atoms with E-state index in [4.69, 9.17) is 33.3 Å². The zero-order valence-electron chi connectivity index (χ0n) is 15.2. The Kier molecular flexibility index (Phi) is 6.78. The Morgan fingerprint density at radius 2 is 1.96 bits per heavy atom. The zero-order chi connectivity index (χ0) is 20.1. The highest BCUT2D eigenvalue weighted by Crippen LogP contribution is 2.35. The van der Waals surface area contributed by atoms with Crippen LogP contribution in [0.15, 0.2) is 60.0 Å². The van der Waals surface area contributed by atoms with Crippen molar-refractivity contribution in [3.05, 3.63) is 76.2 Å². The third-order valence-electron chi connectivity index (χ3n) is 3.98. The van der Waals surface area contributed by atoms with Gasteiger partial charge >= 0.3 is 0 Å². The molecule has 1 aliphatic rings. The van der Waals surface area contributed by atoms with Gasteiger partial charge in [-0.05, 0) is 41.5 Å². The van der Waals surface area contributed by atoms with E-state index in [9.17, 15) is 4.79 Å². The lowest BCUT2D eigenvalue weighted by Gasteiger charge is -2.12. The molecule has 1 aliphatic heterocycles. The Labute approximate surface area is 178 Å². The van der Waals surface area contributed by atoms with Crippen molar-refractivity contribution in [1.29, 1.82) is 0 Å². The van der Waals surface area contributed by atoms with E-state index < -0.39 is 0 Å². The predicted octanol–water partition coefficient (Wildman–Crippen LogP) is 5.31. The number of nitrogens with zero attached hydrogens (tertiary/aromatic N) is 1. The lowest BCUT2D eigenvalue weighted by molar-refractivity contribution is -0.121. The highest BCUT2D eigenvalue weighted by Gasteiger charge is 2.30. The zero-order valence-corrected chi connectivity index (χ0v) is 17.6. The van der Waals surface area contributed by atoms with E-state index in [1.54, 1.807) is 19.3 Å². The number of ether oxygens (including phenoxy) is 2. The minimum Gasteiger partial charge on any atom is -0.493 e. The molecule has 28 heavy (non-hydrogen) atoms. The van der Waals surface area contributed by atoms with Crippen LogP contribution in [-0.2, 0) is 11.4 Å². The van der Waals surface area contributed by atoms with Gasteiger partial charge in [0.25, 0.3) is 5.91 Å². The van der Waals surface area contributed by atoms with E-state index in [-0.39, 0.29) is 5.91 Å². The van der Waals surface area contributed by atoms with E-state index in [1.807, 2.05) is 42.5 Å². The normalized spacial score (nSPS) is 15.2. The molecule has 2 aromatic carbocycles. The highest BCUT2D eigenvalue weighted by atomic mass is 35.5. The number of amides is 1. The molecule has 0 unspecified atom stereocenters. The van der Waals surface area contributed by atoms with Gasteiger partial charge in [0.15, 0.2) is 11.5 Å². The van der Waals surface area contributed by atoms with Gasteiger partial charge in [-0.25, -0.2) is 0 Å². The smallest absolute Gasteiger partial charge is 0.266 e. The minimum atomic E-state index is -0.114. The number of thiocarbonyl (C=S) groups is 1. The van der Waals surface area contributed by atoms with E-state index in [1.165, 1.54) is 16.7 Å². The minimum absolute atomic E-state index is 0.114. The molecule has 4 nitrogen and oxygen atoms in total. The molecule has 0 aromatic heterocycles. The van der Waals surface area contributed by atoms with Crippen molar-refractivity contribution in [3.8, 4) is 11.5 Å². The van der Waals surface area contributed by atoms with E-state index in [2.05, 4.69) is 6.58 Å². The van der Waals surface area contributed by atoms with E-state index in [0.29, 0.717) is 38.9 Å². The SMILES string of the molecule is C=CCN1C(=O)/C(=C\c2ccc(OCc3ccc(Cl)cc3)c(OC)c2)SC1=S. The van der Waals surface area contributed by atoms with E-state index >= 15 is 0 Å². The van der Waals surface area contributed by atoms with Crippen LogP contribution in [0, 0.1) is 0 Å². The summed E-state index contributed by atoms with van der Waals surface area (Å²) >= 11 is 12.4. The van der Waals surface area contributed by atoms with Crippen molar-refractivity contribution in [2.75, 3.05) is 13.7 Å². The number of hydrogen-bond acceptors (Lipinski definition) is 5. The second-order valence-electron chi connectivity index (χ2n) is 5.91. The van der Waals surface area contributed by atoms with Gasteiger partial charge in [0.2, 0.25) is 0 Å². The van der Waals surface area contributed by atoms with Crippen LogP contribution in [0.1, 0.15) is 11.1 Å². The summed E-state index contributed by atoms with van der Waals surface area (Å²) in [7, 11) is 1.58. The molecular formula is C21H18ClNO3S2. The summed E-state index contributed by atoms with van der Waals surface area (Å²) in [4.78, 5) is 14.6. The summed E-state index contributed by atoms with van der Waals surface area (Å²) in [6.07, 6.45) is 3.46. The fourth-order valence-electron chi connectivity index (χ4n) is 2.57. The molecule has 144 valence electrons. The Morgan fingerprint density at radius 1 is 1.21 bits per heavy atom. The summed E-state index contributed by atoms with van der Waals surface area (Å²) in [5, 5.41) is 0.684. The highest BCUT2D eigenvalue weighted by molar-refractivity contribution is 8.26. The monoisotopic (exact) mass is 431 g/mol. The molecule has 1 fully saturated rings. The number of benzene rings is 2. The third kappa shape index (κ3) is 4.76. The molecule has 0 saturated carbocycles. The van der Waals surface area contributed by atoms with Crippen molar-refractivity contribution in [1.82, 2.24) is 4.90 Å². The maximum absolute atomic E-state index is 12.5. The third-order valence-corrected chi connectivity index (χ3v) is 5.61. The molecule has 0 N–H and O–H groups in total. The van der Waals surface area contributed by atoms with Crippen LogP contribution in [0.4, 0.5) is 0 Å². The van der Waals surface area contributed by atoms with Crippen molar-refractivity contribution < 1.29 is 14.3 Å². The maximum Gasteiger partial charge on any atom is 0.266 e. The lowest BCUT2D eigenvalue weighted by Crippen LogP contribution is -2.27. The molecule has 0 bridgehead atoms. The average molecular weight is 432 g/mol. The fourth-order valence-corrected chi connectivity index (χ4v) is 3.97. The molecule has 0 radical (unpaired) electrons. The van der Waals surface area contributed by atoms with E-state index in [0.717, 1.165) is 11.1 Å². The van der Waals surface area contributed by atoms with Crippen LogP contribution < -0.4 is 9.47 Å². The number of carbonyl (C=O) groups excluding carboxylic acids is 1. The summed E-state index contributed by atoms with van der Waals surface area (Å²) < 4.78 is 11.8. The summed E-state index contributed by atoms with van der Waals surface area (Å²) in [5.74, 6) is 1.09. The molecule has 0 atom stereocenters. The molecule has 0 spiro atoms. The first-order valence-electron chi connectivity index (χ1n) is 8.43. The molecule has 7 heteroatoms. The van der Waals surface area contributed by atoms with Gasteiger partial charge in [-0.15, -0.1) is 6.58 Å². The van der Waals surface area contributed by atoms with Gasteiger partial charge in [0, 0.05) is 11.6 Å². The number of rotatable bonds is 7. The summed E-state index contributed by atoms with van der Waals surface area (Å²) in [6, 6.07) is 13.0. The largest absolute Gasteiger partial charge is 0.493 e. The molecule has 2 aromatic rings. The summed E-state index contributed by atoms with van der Waals surface area (Å²) in [6.45, 7) is 4.46. The first-order chi connectivity index (χ1) is 13.5.